The number of fused-ring (bicyclic) bond motifs is 1. The molecule has 0 bridgehead atoms. The van der Waals surface area contributed by atoms with Crippen molar-refractivity contribution in [3.05, 3.63) is 52.2 Å². The molecule has 3 nitrogen and oxygen atoms in total. The van der Waals surface area contributed by atoms with Gasteiger partial charge in [-0.25, -0.2) is 0 Å². The number of anilines is 1. The molecule has 4 heteroatoms. The molecule has 0 fully saturated rings. The fourth-order valence-corrected chi connectivity index (χ4v) is 2.90. The predicted molar refractivity (Wildman–Crippen MR) is 70.0 cm³/mol. The first kappa shape index (κ1) is 10.2. The first-order valence-corrected chi connectivity index (χ1v) is 6.15. The van der Waals surface area contributed by atoms with Gasteiger partial charge in [-0.15, -0.1) is 11.3 Å². The maximum absolute atomic E-state index is 12.3. The van der Waals surface area contributed by atoms with Gasteiger partial charge in [-0.05, 0) is 23.6 Å². The van der Waals surface area contributed by atoms with Gasteiger partial charge in [0.2, 0.25) is 0 Å². The molecule has 84 valence electrons. The number of para-hydroxylation sites is 1. The summed E-state index contributed by atoms with van der Waals surface area (Å²) >= 11 is 1.55. The van der Waals surface area contributed by atoms with E-state index in [0.29, 0.717) is 0 Å². The van der Waals surface area contributed by atoms with Crippen molar-refractivity contribution in [2.45, 2.75) is 0 Å². The summed E-state index contributed by atoms with van der Waals surface area (Å²) in [5.74, 6) is 0.749. The molecule has 1 aromatic carbocycles. The molecule has 0 atom stereocenters. The van der Waals surface area contributed by atoms with Crippen LogP contribution in [-0.2, 0) is 0 Å². The lowest BCUT2D eigenvalue weighted by atomic mass is 10.3. The number of carbonyl (C=O) groups excluding carboxylic acids is 1. The average molecular weight is 242 g/mol. The van der Waals surface area contributed by atoms with Gasteiger partial charge in [0.05, 0.1) is 16.1 Å². The van der Waals surface area contributed by atoms with Crippen LogP contribution in [0.2, 0.25) is 0 Å². The second-order valence-electron chi connectivity index (χ2n) is 3.69. The van der Waals surface area contributed by atoms with Crippen molar-refractivity contribution in [2.75, 3.05) is 11.9 Å². The summed E-state index contributed by atoms with van der Waals surface area (Å²) in [5, 5.41) is 1.93. The molecule has 0 spiro atoms. The summed E-state index contributed by atoms with van der Waals surface area (Å²) in [4.78, 5) is 19.1. The van der Waals surface area contributed by atoms with Crippen LogP contribution in [0.15, 0.2) is 46.8 Å². The summed E-state index contributed by atoms with van der Waals surface area (Å²) in [7, 11) is 1.72. The maximum Gasteiger partial charge on any atom is 0.265 e. The SMILES string of the molecule is CN=C1c2sccc2C(=O)N1c1ccccc1. The smallest absolute Gasteiger partial charge is 0.265 e. The van der Waals surface area contributed by atoms with E-state index in [4.69, 9.17) is 0 Å². The molecule has 3 rings (SSSR count). The van der Waals surface area contributed by atoms with Crippen LogP contribution in [0, 0.1) is 0 Å². The summed E-state index contributed by atoms with van der Waals surface area (Å²) in [6.45, 7) is 0. The van der Waals surface area contributed by atoms with Crippen LogP contribution in [0.25, 0.3) is 0 Å². The summed E-state index contributed by atoms with van der Waals surface area (Å²) < 4.78 is 0. The van der Waals surface area contributed by atoms with Crippen LogP contribution in [-0.4, -0.2) is 18.8 Å². The van der Waals surface area contributed by atoms with Gasteiger partial charge in [0.1, 0.15) is 0 Å². The minimum Gasteiger partial charge on any atom is -0.270 e. The standard InChI is InChI=1S/C13H10N2OS/c1-14-12-11-10(7-8-17-11)13(16)15(12)9-5-3-2-4-6-9/h2-8H,1H3. The molecular formula is C13H10N2OS. The number of carbonyl (C=O) groups is 1. The maximum atomic E-state index is 12.3. The molecule has 1 amide bonds. The highest BCUT2D eigenvalue weighted by Gasteiger charge is 2.35. The van der Waals surface area contributed by atoms with Crippen LogP contribution < -0.4 is 4.90 Å². The molecule has 0 saturated heterocycles. The molecule has 0 aliphatic carbocycles. The molecule has 0 radical (unpaired) electrons. The number of hydrogen-bond donors (Lipinski definition) is 0. The normalized spacial score (nSPS) is 16.6. The molecule has 1 aromatic heterocycles. The Balaban J connectivity index is 2.15. The van der Waals surface area contributed by atoms with Crippen molar-refractivity contribution in [1.29, 1.82) is 0 Å². The summed E-state index contributed by atoms with van der Waals surface area (Å²) in [6.07, 6.45) is 0. The lowest BCUT2D eigenvalue weighted by Crippen LogP contribution is -2.30. The zero-order valence-electron chi connectivity index (χ0n) is 9.25. The molecule has 0 unspecified atom stereocenters. The average Bonchev–Trinajstić information content (AvgIpc) is 2.93. The third kappa shape index (κ3) is 1.41. The van der Waals surface area contributed by atoms with E-state index in [0.717, 1.165) is 22.0 Å². The minimum absolute atomic E-state index is 0.00745. The van der Waals surface area contributed by atoms with Crippen molar-refractivity contribution in [3.63, 3.8) is 0 Å². The number of nitrogens with zero attached hydrogens (tertiary/aromatic N) is 2. The Morgan fingerprint density at radius 1 is 1.18 bits per heavy atom. The molecule has 17 heavy (non-hydrogen) atoms. The number of amides is 1. The zero-order valence-corrected chi connectivity index (χ0v) is 10.1. The van der Waals surface area contributed by atoms with Crippen molar-refractivity contribution in [3.8, 4) is 0 Å². The van der Waals surface area contributed by atoms with E-state index >= 15 is 0 Å². The monoisotopic (exact) mass is 242 g/mol. The fraction of sp³-hybridized carbons (Fsp3) is 0.0769. The third-order valence-corrected chi connectivity index (χ3v) is 3.65. The van der Waals surface area contributed by atoms with Gasteiger partial charge in [-0.3, -0.25) is 14.7 Å². The van der Waals surface area contributed by atoms with Gasteiger partial charge in [-0.2, -0.15) is 0 Å². The number of aliphatic imine (C=N–C) groups is 1. The van der Waals surface area contributed by atoms with E-state index in [1.807, 2.05) is 41.8 Å². The second-order valence-corrected chi connectivity index (χ2v) is 4.60. The van der Waals surface area contributed by atoms with Crippen molar-refractivity contribution in [2.24, 2.45) is 4.99 Å². The molecule has 2 heterocycles. The number of rotatable bonds is 1. The van der Waals surface area contributed by atoms with E-state index in [1.165, 1.54) is 0 Å². The molecular weight excluding hydrogens is 232 g/mol. The largest absolute Gasteiger partial charge is 0.270 e. The van der Waals surface area contributed by atoms with Gasteiger partial charge in [0.15, 0.2) is 5.84 Å². The lowest BCUT2D eigenvalue weighted by molar-refractivity contribution is 0.101. The molecule has 1 aliphatic rings. The minimum atomic E-state index is 0.00745. The Bertz CT molecular complexity index is 601. The highest BCUT2D eigenvalue weighted by molar-refractivity contribution is 7.13. The Kier molecular flexibility index (Phi) is 2.30. The number of benzene rings is 1. The molecule has 0 saturated carbocycles. The van der Waals surface area contributed by atoms with Gasteiger partial charge >= 0.3 is 0 Å². The van der Waals surface area contributed by atoms with E-state index in [1.54, 1.807) is 23.3 Å². The summed E-state index contributed by atoms with van der Waals surface area (Å²) in [6, 6.07) is 11.5. The summed E-state index contributed by atoms with van der Waals surface area (Å²) in [5.41, 5.74) is 1.61. The van der Waals surface area contributed by atoms with Crippen LogP contribution in [0.1, 0.15) is 15.2 Å². The van der Waals surface area contributed by atoms with E-state index < -0.39 is 0 Å². The quantitative estimate of drug-likeness (QED) is 0.756. The van der Waals surface area contributed by atoms with Crippen LogP contribution in [0.3, 0.4) is 0 Å². The van der Waals surface area contributed by atoms with Gasteiger partial charge < -0.3 is 0 Å². The topological polar surface area (TPSA) is 32.7 Å². The number of amidine groups is 1. The molecule has 0 N–H and O–H groups in total. The Hall–Kier alpha value is -1.94. The van der Waals surface area contributed by atoms with Crippen LogP contribution in [0.4, 0.5) is 5.69 Å². The zero-order chi connectivity index (χ0) is 11.8. The predicted octanol–water partition coefficient (Wildman–Crippen LogP) is 2.78. The third-order valence-electron chi connectivity index (χ3n) is 2.74. The Morgan fingerprint density at radius 3 is 2.65 bits per heavy atom. The first-order valence-electron chi connectivity index (χ1n) is 5.27. The Morgan fingerprint density at radius 2 is 1.94 bits per heavy atom. The molecule has 2 aromatic rings. The van der Waals surface area contributed by atoms with Crippen molar-refractivity contribution >= 4 is 28.8 Å². The van der Waals surface area contributed by atoms with E-state index in [-0.39, 0.29) is 5.91 Å². The Labute approximate surface area is 103 Å². The second kappa shape index (κ2) is 3.82. The van der Waals surface area contributed by atoms with E-state index in [2.05, 4.69) is 4.99 Å². The van der Waals surface area contributed by atoms with Crippen molar-refractivity contribution in [1.82, 2.24) is 0 Å². The lowest BCUT2D eigenvalue weighted by Gasteiger charge is -2.16. The fourth-order valence-electron chi connectivity index (χ4n) is 1.99. The van der Waals surface area contributed by atoms with Gasteiger partial charge in [-0.1, -0.05) is 18.2 Å². The van der Waals surface area contributed by atoms with E-state index in [9.17, 15) is 4.79 Å². The van der Waals surface area contributed by atoms with Crippen LogP contribution in [0.5, 0.6) is 0 Å². The van der Waals surface area contributed by atoms with Gasteiger partial charge in [0, 0.05) is 7.05 Å². The van der Waals surface area contributed by atoms with Crippen LogP contribution >= 0.6 is 11.3 Å². The number of hydrogen-bond acceptors (Lipinski definition) is 3. The highest BCUT2D eigenvalue weighted by atomic mass is 32.1. The number of thiophene rings is 1. The van der Waals surface area contributed by atoms with Crippen molar-refractivity contribution < 1.29 is 4.79 Å². The molecule has 1 aliphatic heterocycles. The van der Waals surface area contributed by atoms with Gasteiger partial charge in [0.25, 0.3) is 5.91 Å². The first-order chi connectivity index (χ1) is 8.33. The highest BCUT2D eigenvalue weighted by Crippen LogP contribution is 2.31.